The molecule has 170 valence electrons. The fraction of sp³-hybridized carbons (Fsp3) is 0.833. The number of thioether (sulfide) groups is 1. The van der Waals surface area contributed by atoms with Crippen LogP contribution in [-0.2, 0) is 9.59 Å². The highest BCUT2D eigenvalue weighted by atomic mass is 32.2. The van der Waals surface area contributed by atoms with E-state index in [1.54, 1.807) is 11.8 Å². The van der Waals surface area contributed by atoms with E-state index in [0.29, 0.717) is 12.8 Å². The first-order valence-corrected chi connectivity index (χ1v) is 13.0. The van der Waals surface area contributed by atoms with Crippen molar-refractivity contribution < 1.29 is 14.7 Å². The van der Waals surface area contributed by atoms with Crippen LogP contribution in [0.2, 0.25) is 0 Å². The first kappa shape index (κ1) is 28.0. The predicted octanol–water partition coefficient (Wildman–Crippen LogP) is 6.74. The zero-order valence-electron chi connectivity index (χ0n) is 18.9. The maximum absolute atomic E-state index is 11.9. The van der Waals surface area contributed by atoms with E-state index in [-0.39, 0.29) is 5.91 Å². The van der Waals surface area contributed by atoms with Crippen molar-refractivity contribution in [1.29, 1.82) is 0 Å². The minimum absolute atomic E-state index is 0.128. The number of carbonyl (C=O) groups is 2. The smallest absolute Gasteiger partial charge is 0.326 e. The van der Waals surface area contributed by atoms with Crippen LogP contribution in [0.3, 0.4) is 0 Å². The number of unbranched alkanes of at least 4 members (excludes halogenated alkanes) is 11. The van der Waals surface area contributed by atoms with Crippen LogP contribution in [0.4, 0.5) is 0 Å². The lowest BCUT2D eigenvalue weighted by Crippen LogP contribution is -2.41. The van der Waals surface area contributed by atoms with Crippen molar-refractivity contribution in [2.45, 2.75) is 116 Å². The van der Waals surface area contributed by atoms with E-state index in [1.807, 2.05) is 6.92 Å². The number of aliphatic carboxylic acids is 1. The molecular formula is C24H45NO3S. The Morgan fingerprint density at radius 2 is 1.41 bits per heavy atom. The summed E-state index contributed by atoms with van der Waals surface area (Å²) in [6.07, 6.45) is 21.6. The van der Waals surface area contributed by atoms with Gasteiger partial charge in [-0.25, -0.2) is 4.79 Å². The van der Waals surface area contributed by atoms with Crippen molar-refractivity contribution in [2.75, 3.05) is 11.5 Å². The predicted molar refractivity (Wildman–Crippen MR) is 127 cm³/mol. The van der Waals surface area contributed by atoms with Gasteiger partial charge in [-0.3, -0.25) is 4.79 Å². The average molecular weight is 428 g/mol. The molecule has 0 unspecified atom stereocenters. The molecule has 0 aliphatic rings. The molecule has 0 heterocycles. The third-order valence-corrected chi connectivity index (χ3v) is 5.99. The van der Waals surface area contributed by atoms with E-state index in [1.165, 1.54) is 57.8 Å². The summed E-state index contributed by atoms with van der Waals surface area (Å²) in [6.45, 7) is 4.30. The monoisotopic (exact) mass is 427 g/mol. The number of allylic oxidation sites excluding steroid dienone is 2. The molecule has 0 saturated heterocycles. The van der Waals surface area contributed by atoms with Crippen LogP contribution >= 0.6 is 11.8 Å². The molecule has 1 atom stereocenters. The molecule has 29 heavy (non-hydrogen) atoms. The number of nitrogens with one attached hydrogen (secondary N) is 1. The lowest BCUT2D eigenvalue weighted by molar-refractivity contribution is -0.141. The Morgan fingerprint density at radius 1 is 0.862 bits per heavy atom. The summed E-state index contributed by atoms with van der Waals surface area (Å²) in [5, 5.41) is 11.9. The highest BCUT2D eigenvalue weighted by Crippen LogP contribution is 2.10. The normalized spacial score (nSPS) is 12.3. The third kappa shape index (κ3) is 20.1. The fourth-order valence-electron chi connectivity index (χ4n) is 3.23. The molecule has 1 amide bonds. The molecule has 0 aliphatic carbocycles. The van der Waals surface area contributed by atoms with Gasteiger partial charge in [0, 0.05) is 6.42 Å². The van der Waals surface area contributed by atoms with Gasteiger partial charge in [0.1, 0.15) is 6.04 Å². The van der Waals surface area contributed by atoms with E-state index in [4.69, 9.17) is 0 Å². The SMILES string of the molecule is CCCCCCCC/C=C\CCCCCCCC(=O)N[C@@H](CCSCC)C(=O)O. The van der Waals surface area contributed by atoms with Crippen molar-refractivity contribution in [2.24, 2.45) is 0 Å². The fourth-order valence-corrected chi connectivity index (χ4v) is 3.92. The zero-order chi connectivity index (χ0) is 21.6. The molecule has 0 fully saturated rings. The summed E-state index contributed by atoms with van der Waals surface area (Å²) in [4.78, 5) is 23.1. The number of carboxylic acid groups (broad SMARTS) is 1. The summed E-state index contributed by atoms with van der Waals surface area (Å²) in [6, 6.07) is -0.746. The molecule has 0 saturated carbocycles. The van der Waals surface area contributed by atoms with Crippen molar-refractivity contribution in [3.63, 3.8) is 0 Å². The molecule has 0 radical (unpaired) electrons. The lowest BCUT2D eigenvalue weighted by Gasteiger charge is -2.14. The minimum Gasteiger partial charge on any atom is -0.480 e. The summed E-state index contributed by atoms with van der Waals surface area (Å²) < 4.78 is 0. The Labute approximate surface area is 183 Å². The van der Waals surface area contributed by atoms with Gasteiger partial charge >= 0.3 is 5.97 Å². The van der Waals surface area contributed by atoms with Crippen LogP contribution in [0.15, 0.2) is 12.2 Å². The van der Waals surface area contributed by atoms with Gasteiger partial charge in [-0.1, -0.05) is 77.4 Å². The molecule has 0 aromatic heterocycles. The average Bonchev–Trinajstić information content (AvgIpc) is 2.70. The van der Waals surface area contributed by atoms with Gasteiger partial charge in [0.2, 0.25) is 5.91 Å². The van der Waals surface area contributed by atoms with Gasteiger partial charge in [0.25, 0.3) is 0 Å². The first-order chi connectivity index (χ1) is 14.1. The number of carboxylic acids is 1. The number of carbonyl (C=O) groups excluding carboxylic acids is 1. The summed E-state index contributed by atoms with van der Waals surface area (Å²) in [5.74, 6) is 0.673. The molecule has 2 N–H and O–H groups in total. The maximum atomic E-state index is 11.9. The Bertz CT molecular complexity index is 426. The number of amides is 1. The van der Waals surface area contributed by atoms with Gasteiger partial charge in [-0.2, -0.15) is 11.8 Å². The van der Waals surface area contributed by atoms with Gasteiger partial charge in [0.05, 0.1) is 0 Å². The van der Waals surface area contributed by atoms with E-state index >= 15 is 0 Å². The van der Waals surface area contributed by atoms with Gasteiger partial charge in [-0.15, -0.1) is 0 Å². The second-order valence-electron chi connectivity index (χ2n) is 7.78. The molecule has 0 aromatic rings. The number of hydrogen-bond donors (Lipinski definition) is 2. The third-order valence-electron chi connectivity index (χ3n) is 5.05. The van der Waals surface area contributed by atoms with E-state index in [0.717, 1.165) is 37.2 Å². The Hall–Kier alpha value is -0.970. The molecule has 0 rings (SSSR count). The molecule has 5 heteroatoms. The Kier molecular flexibility index (Phi) is 21.0. The van der Waals surface area contributed by atoms with Crippen molar-refractivity contribution in [3.8, 4) is 0 Å². The molecular weight excluding hydrogens is 382 g/mol. The van der Waals surface area contributed by atoms with E-state index in [2.05, 4.69) is 24.4 Å². The molecule has 0 aliphatic heterocycles. The summed E-state index contributed by atoms with van der Waals surface area (Å²) in [7, 11) is 0. The summed E-state index contributed by atoms with van der Waals surface area (Å²) in [5.41, 5.74) is 0. The first-order valence-electron chi connectivity index (χ1n) is 11.9. The minimum atomic E-state index is -0.931. The van der Waals surface area contributed by atoms with Crippen molar-refractivity contribution in [1.82, 2.24) is 5.32 Å². The van der Waals surface area contributed by atoms with Crippen LogP contribution in [0.5, 0.6) is 0 Å². The van der Waals surface area contributed by atoms with Crippen LogP contribution in [0, 0.1) is 0 Å². The Morgan fingerprint density at radius 3 is 1.97 bits per heavy atom. The largest absolute Gasteiger partial charge is 0.480 e. The second-order valence-corrected chi connectivity index (χ2v) is 9.17. The highest BCUT2D eigenvalue weighted by Gasteiger charge is 2.18. The Balaban J connectivity index is 3.51. The topological polar surface area (TPSA) is 66.4 Å². The molecule has 0 bridgehead atoms. The molecule has 0 spiro atoms. The van der Waals surface area contributed by atoms with Crippen LogP contribution < -0.4 is 5.32 Å². The van der Waals surface area contributed by atoms with Gasteiger partial charge in [-0.05, 0) is 50.0 Å². The number of hydrogen-bond acceptors (Lipinski definition) is 3. The molecule has 4 nitrogen and oxygen atoms in total. The molecule has 0 aromatic carbocycles. The van der Waals surface area contributed by atoms with Crippen molar-refractivity contribution >= 4 is 23.6 Å². The second kappa shape index (κ2) is 21.7. The number of rotatable bonds is 21. The van der Waals surface area contributed by atoms with E-state index < -0.39 is 12.0 Å². The standard InChI is InChI=1S/C24H45NO3S/c1-3-5-6-7-8-9-10-11-12-13-14-15-16-17-18-19-23(26)25-22(24(27)28)20-21-29-4-2/h11-12,22H,3-10,13-21H2,1-2H3,(H,25,26)(H,27,28)/b12-11-/t22-/m0/s1. The van der Waals surface area contributed by atoms with Crippen molar-refractivity contribution in [3.05, 3.63) is 12.2 Å². The van der Waals surface area contributed by atoms with Gasteiger partial charge in [0.15, 0.2) is 0 Å². The van der Waals surface area contributed by atoms with Crippen LogP contribution in [0.25, 0.3) is 0 Å². The zero-order valence-corrected chi connectivity index (χ0v) is 19.7. The maximum Gasteiger partial charge on any atom is 0.326 e. The quantitative estimate of drug-likeness (QED) is 0.157. The summed E-state index contributed by atoms with van der Waals surface area (Å²) >= 11 is 1.70. The van der Waals surface area contributed by atoms with Crippen LogP contribution in [0.1, 0.15) is 110 Å². The highest BCUT2D eigenvalue weighted by molar-refractivity contribution is 7.99. The lowest BCUT2D eigenvalue weighted by atomic mass is 10.1. The van der Waals surface area contributed by atoms with E-state index in [9.17, 15) is 14.7 Å². The van der Waals surface area contributed by atoms with Gasteiger partial charge < -0.3 is 10.4 Å². The van der Waals surface area contributed by atoms with Crippen LogP contribution in [-0.4, -0.2) is 34.5 Å².